The first kappa shape index (κ1) is 20.8. The minimum Gasteiger partial charge on any atom is -0.466 e. The summed E-state index contributed by atoms with van der Waals surface area (Å²) in [6.07, 6.45) is 3.21. The van der Waals surface area contributed by atoms with Crippen molar-refractivity contribution in [3.63, 3.8) is 0 Å². The van der Waals surface area contributed by atoms with Gasteiger partial charge in [0.1, 0.15) is 0 Å². The predicted octanol–water partition coefficient (Wildman–Crippen LogP) is 5.62. The van der Waals surface area contributed by atoms with Crippen LogP contribution in [-0.2, 0) is 14.0 Å². The minimum atomic E-state index is -2.21. The third-order valence-corrected chi connectivity index (χ3v) is 9.74. The van der Waals surface area contributed by atoms with Crippen LogP contribution in [0.5, 0.6) is 0 Å². The summed E-state index contributed by atoms with van der Waals surface area (Å²) in [5.74, 6) is -2.39. The molecule has 3 nitrogen and oxygen atoms in total. The number of halogens is 2. The molecule has 0 radical (unpaired) electrons. The number of ether oxygens (including phenoxy) is 1. The maximum absolute atomic E-state index is 13.9. The van der Waals surface area contributed by atoms with Gasteiger partial charge in [-0.15, -0.1) is 0 Å². The lowest BCUT2D eigenvalue weighted by molar-refractivity contribution is -0.144. The lowest BCUT2D eigenvalue weighted by atomic mass is 9.85. The Hall–Kier alpha value is -1.53. The zero-order valence-electron chi connectivity index (χ0n) is 16.4. The molecule has 26 heavy (non-hydrogen) atoms. The van der Waals surface area contributed by atoms with Crippen molar-refractivity contribution in [2.24, 2.45) is 5.92 Å². The fourth-order valence-electron chi connectivity index (χ4n) is 2.76. The molecule has 1 aliphatic rings. The summed E-state index contributed by atoms with van der Waals surface area (Å²) in [6.45, 7) is 12.6. The summed E-state index contributed by atoms with van der Waals surface area (Å²) in [6, 6.07) is 2.38. The number of esters is 1. The Kier molecular flexibility index (Phi) is 6.08. The van der Waals surface area contributed by atoms with E-state index in [1.807, 2.05) is 6.08 Å². The molecule has 0 aliphatic heterocycles. The topological polar surface area (TPSA) is 35.5 Å². The largest absolute Gasteiger partial charge is 0.466 e. The summed E-state index contributed by atoms with van der Waals surface area (Å²) in [5.41, 5.74) is 1.18. The van der Waals surface area contributed by atoms with E-state index in [1.54, 1.807) is 13.0 Å². The molecule has 0 aromatic heterocycles. The van der Waals surface area contributed by atoms with Gasteiger partial charge in [-0.3, -0.25) is 4.79 Å². The van der Waals surface area contributed by atoms with Crippen LogP contribution in [0.15, 0.2) is 18.2 Å². The third kappa shape index (κ3) is 4.41. The van der Waals surface area contributed by atoms with E-state index in [9.17, 15) is 13.6 Å². The number of benzene rings is 1. The molecule has 0 spiro atoms. The van der Waals surface area contributed by atoms with Gasteiger partial charge in [0.05, 0.1) is 19.1 Å². The van der Waals surface area contributed by atoms with Crippen LogP contribution in [0.25, 0.3) is 6.08 Å². The van der Waals surface area contributed by atoms with Crippen LogP contribution in [-0.4, -0.2) is 20.9 Å². The van der Waals surface area contributed by atoms with Gasteiger partial charge in [0.15, 0.2) is 20.0 Å². The minimum absolute atomic E-state index is 0.0542. The van der Waals surface area contributed by atoms with E-state index in [4.69, 9.17) is 9.16 Å². The molecule has 1 aromatic carbocycles. The number of fused-ring (bicyclic) bond motifs is 1. The van der Waals surface area contributed by atoms with E-state index in [-0.39, 0.29) is 23.3 Å². The van der Waals surface area contributed by atoms with Crippen LogP contribution >= 0.6 is 0 Å². The molecule has 0 saturated heterocycles. The monoisotopic (exact) mass is 382 g/mol. The standard InChI is InChI=1S/C20H28F2O3Si/c1-7-24-18(23)11-14-9-8-13-10-16(21)17(22)12-15(13)19(14)25-26(5,6)20(2,3)4/h8-10,12,14,19H,7,11H2,1-6H3/t14-,19-/m0/s1. The van der Waals surface area contributed by atoms with E-state index in [2.05, 4.69) is 33.9 Å². The summed E-state index contributed by atoms with van der Waals surface area (Å²) >= 11 is 0. The molecule has 0 saturated carbocycles. The second-order valence-corrected chi connectivity index (χ2v) is 13.0. The van der Waals surface area contributed by atoms with Crippen molar-refractivity contribution in [3.8, 4) is 0 Å². The summed E-state index contributed by atoms with van der Waals surface area (Å²) in [4.78, 5) is 12.0. The number of hydrogen-bond donors (Lipinski definition) is 0. The van der Waals surface area contributed by atoms with Crippen molar-refractivity contribution < 1.29 is 22.7 Å². The fourth-order valence-corrected chi connectivity index (χ4v) is 4.05. The number of rotatable bonds is 5. The molecule has 1 aromatic rings. The smallest absolute Gasteiger partial charge is 0.306 e. The Morgan fingerprint density at radius 3 is 2.38 bits per heavy atom. The molecule has 0 N–H and O–H groups in total. The summed E-state index contributed by atoms with van der Waals surface area (Å²) < 4.78 is 39.2. The highest BCUT2D eigenvalue weighted by Crippen LogP contribution is 2.45. The molecule has 0 fully saturated rings. The average Bonchev–Trinajstić information content (AvgIpc) is 2.50. The predicted molar refractivity (Wildman–Crippen MR) is 101 cm³/mol. The maximum atomic E-state index is 13.9. The van der Waals surface area contributed by atoms with Crippen LogP contribution in [0.1, 0.15) is 51.3 Å². The van der Waals surface area contributed by atoms with Gasteiger partial charge in [-0.1, -0.05) is 32.9 Å². The quantitative estimate of drug-likeness (QED) is 0.489. The molecule has 0 unspecified atom stereocenters. The van der Waals surface area contributed by atoms with Crippen molar-refractivity contribution in [3.05, 3.63) is 41.0 Å². The second kappa shape index (κ2) is 7.60. The van der Waals surface area contributed by atoms with Gasteiger partial charge in [-0.2, -0.15) is 0 Å². The first-order valence-corrected chi connectivity index (χ1v) is 11.9. The average molecular weight is 383 g/mol. The van der Waals surface area contributed by atoms with Gasteiger partial charge in [-0.25, -0.2) is 8.78 Å². The maximum Gasteiger partial charge on any atom is 0.306 e. The highest BCUT2D eigenvalue weighted by molar-refractivity contribution is 6.74. The van der Waals surface area contributed by atoms with Crippen LogP contribution < -0.4 is 0 Å². The Labute approximate surface area is 155 Å². The Morgan fingerprint density at radius 2 is 1.81 bits per heavy atom. The SMILES string of the molecule is CCOC(=O)C[C@@H]1C=Cc2cc(F)c(F)cc2[C@H]1O[Si](C)(C)C(C)(C)C. The second-order valence-electron chi connectivity index (χ2n) is 8.23. The number of hydrogen-bond acceptors (Lipinski definition) is 3. The molecule has 2 atom stereocenters. The molecule has 0 heterocycles. The van der Waals surface area contributed by atoms with Crippen LogP contribution in [0.3, 0.4) is 0 Å². The van der Waals surface area contributed by atoms with Gasteiger partial charge >= 0.3 is 5.97 Å². The zero-order valence-corrected chi connectivity index (χ0v) is 17.4. The van der Waals surface area contributed by atoms with E-state index >= 15 is 0 Å². The van der Waals surface area contributed by atoms with Crippen molar-refractivity contribution in [1.82, 2.24) is 0 Å². The van der Waals surface area contributed by atoms with Gasteiger partial charge in [-0.05, 0) is 48.3 Å². The van der Waals surface area contributed by atoms with Gasteiger partial charge in [0, 0.05) is 5.92 Å². The van der Waals surface area contributed by atoms with Gasteiger partial charge in [0.25, 0.3) is 0 Å². The van der Waals surface area contributed by atoms with Gasteiger partial charge in [0.2, 0.25) is 0 Å². The van der Waals surface area contributed by atoms with Crippen LogP contribution in [0.2, 0.25) is 18.1 Å². The van der Waals surface area contributed by atoms with Gasteiger partial charge < -0.3 is 9.16 Å². The summed E-state index contributed by atoms with van der Waals surface area (Å²) in [7, 11) is -2.21. The summed E-state index contributed by atoms with van der Waals surface area (Å²) in [5, 5.41) is -0.0542. The van der Waals surface area contributed by atoms with Crippen molar-refractivity contribution in [2.75, 3.05) is 6.61 Å². The van der Waals surface area contributed by atoms with E-state index in [0.717, 1.165) is 0 Å². The Bertz CT molecular complexity index is 708. The number of carbonyl (C=O) groups is 1. The normalized spacial score (nSPS) is 20.0. The van der Waals surface area contributed by atoms with E-state index < -0.39 is 26.1 Å². The van der Waals surface area contributed by atoms with Crippen molar-refractivity contribution in [2.45, 2.75) is 58.4 Å². The van der Waals surface area contributed by atoms with Crippen molar-refractivity contribution in [1.29, 1.82) is 0 Å². The van der Waals surface area contributed by atoms with E-state index in [1.165, 1.54) is 12.1 Å². The Morgan fingerprint density at radius 1 is 1.19 bits per heavy atom. The molecule has 144 valence electrons. The highest BCUT2D eigenvalue weighted by atomic mass is 28.4. The fraction of sp³-hybridized carbons (Fsp3) is 0.550. The zero-order chi connectivity index (χ0) is 19.7. The van der Waals surface area contributed by atoms with Crippen molar-refractivity contribution >= 4 is 20.4 Å². The molecule has 1 aliphatic carbocycles. The highest BCUT2D eigenvalue weighted by Gasteiger charge is 2.42. The lowest BCUT2D eigenvalue weighted by Gasteiger charge is -2.42. The molecular formula is C20H28F2O3Si. The molecular weight excluding hydrogens is 354 g/mol. The molecule has 0 bridgehead atoms. The van der Waals surface area contributed by atoms with Crippen LogP contribution in [0.4, 0.5) is 8.78 Å². The molecule has 2 rings (SSSR count). The molecule has 0 amide bonds. The molecule has 6 heteroatoms. The first-order chi connectivity index (χ1) is 12.0. The van der Waals surface area contributed by atoms with E-state index in [0.29, 0.717) is 17.7 Å². The number of carbonyl (C=O) groups excluding carboxylic acids is 1. The third-order valence-electron chi connectivity index (χ3n) is 5.28. The Balaban J connectivity index is 2.43. The lowest BCUT2D eigenvalue weighted by Crippen LogP contribution is -2.43. The van der Waals surface area contributed by atoms with Crippen LogP contribution in [0, 0.1) is 17.6 Å². The first-order valence-electron chi connectivity index (χ1n) is 8.97.